The van der Waals surface area contributed by atoms with Crippen molar-refractivity contribution in [3.05, 3.63) is 41.5 Å². The summed E-state index contributed by atoms with van der Waals surface area (Å²) in [5.41, 5.74) is 3.40. The van der Waals surface area contributed by atoms with Crippen molar-refractivity contribution < 1.29 is 4.79 Å². The van der Waals surface area contributed by atoms with Crippen LogP contribution in [-0.2, 0) is 0 Å². The molecule has 1 aromatic carbocycles. The van der Waals surface area contributed by atoms with Crippen LogP contribution in [0.5, 0.6) is 0 Å². The summed E-state index contributed by atoms with van der Waals surface area (Å²) in [7, 11) is 0. The van der Waals surface area contributed by atoms with Gasteiger partial charge in [0.2, 0.25) is 0 Å². The predicted octanol–water partition coefficient (Wildman–Crippen LogP) is 3.44. The van der Waals surface area contributed by atoms with E-state index in [9.17, 15) is 4.79 Å². The Labute approximate surface area is 103 Å². The van der Waals surface area contributed by atoms with Crippen LogP contribution in [0.3, 0.4) is 0 Å². The van der Waals surface area contributed by atoms with Crippen molar-refractivity contribution in [1.29, 1.82) is 0 Å². The Morgan fingerprint density at radius 2 is 2.12 bits per heavy atom. The molecule has 2 rings (SSSR count). The molecule has 0 unspecified atom stereocenters. The van der Waals surface area contributed by atoms with E-state index in [1.807, 2.05) is 25.1 Å². The lowest BCUT2D eigenvalue weighted by molar-refractivity contribution is 0.0988. The molecule has 0 fully saturated rings. The molecule has 0 saturated heterocycles. The molecule has 0 saturated carbocycles. The summed E-state index contributed by atoms with van der Waals surface area (Å²) in [6, 6.07) is 7.94. The number of rotatable bonds is 3. The van der Waals surface area contributed by atoms with Gasteiger partial charge in [-0.1, -0.05) is 30.7 Å². The van der Waals surface area contributed by atoms with Crippen LogP contribution in [0, 0.1) is 0 Å². The van der Waals surface area contributed by atoms with Gasteiger partial charge in [-0.05, 0) is 25.5 Å². The number of benzene rings is 1. The molecule has 2 heteroatoms. The van der Waals surface area contributed by atoms with Gasteiger partial charge >= 0.3 is 0 Å². The number of anilines is 1. The van der Waals surface area contributed by atoms with Crippen LogP contribution >= 0.6 is 0 Å². The first kappa shape index (κ1) is 11.9. The Hall–Kier alpha value is -1.57. The maximum atomic E-state index is 11.9. The van der Waals surface area contributed by atoms with Gasteiger partial charge in [-0.15, -0.1) is 0 Å². The molecule has 17 heavy (non-hydrogen) atoms. The second-order valence-electron chi connectivity index (χ2n) is 4.54. The maximum absolute atomic E-state index is 11.9. The summed E-state index contributed by atoms with van der Waals surface area (Å²) >= 11 is 0. The second kappa shape index (κ2) is 5.17. The van der Waals surface area contributed by atoms with Crippen molar-refractivity contribution in [2.75, 3.05) is 18.0 Å². The summed E-state index contributed by atoms with van der Waals surface area (Å²) in [5, 5.41) is 0. The van der Waals surface area contributed by atoms with Gasteiger partial charge in [0.25, 0.3) is 0 Å². The number of ketones is 1. The van der Waals surface area contributed by atoms with Gasteiger partial charge < -0.3 is 4.90 Å². The molecule has 0 amide bonds. The first-order valence-electron chi connectivity index (χ1n) is 6.25. The molecular formula is C15H19NO. The third-order valence-corrected chi connectivity index (χ3v) is 3.30. The standard InChI is InChI=1S/C15H19NO/c1-3-15(17)13-6-4-5-7-14(13)16-10-8-12(2)9-11-16/h4-8H,3,9-11H2,1-2H3. The fraction of sp³-hybridized carbons (Fsp3) is 0.400. The van der Waals surface area contributed by atoms with Crippen molar-refractivity contribution in [3.8, 4) is 0 Å². The third-order valence-electron chi connectivity index (χ3n) is 3.30. The number of carbonyl (C=O) groups is 1. The summed E-state index contributed by atoms with van der Waals surface area (Å²) in [6.45, 7) is 6.01. The fourth-order valence-electron chi connectivity index (χ4n) is 2.17. The van der Waals surface area contributed by atoms with Crippen LogP contribution in [0.15, 0.2) is 35.9 Å². The topological polar surface area (TPSA) is 20.3 Å². The zero-order valence-electron chi connectivity index (χ0n) is 10.6. The van der Waals surface area contributed by atoms with Crippen molar-refractivity contribution in [2.45, 2.75) is 26.7 Å². The van der Waals surface area contributed by atoms with Crippen LogP contribution in [0.2, 0.25) is 0 Å². The van der Waals surface area contributed by atoms with Crippen molar-refractivity contribution in [3.63, 3.8) is 0 Å². The van der Waals surface area contributed by atoms with E-state index in [0.717, 1.165) is 30.8 Å². The monoisotopic (exact) mass is 229 g/mol. The van der Waals surface area contributed by atoms with E-state index in [2.05, 4.69) is 24.0 Å². The molecule has 0 radical (unpaired) electrons. The first-order valence-corrected chi connectivity index (χ1v) is 6.25. The highest BCUT2D eigenvalue weighted by Crippen LogP contribution is 2.24. The summed E-state index contributed by atoms with van der Waals surface area (Å²) in [5.74, 6) is 0.229. The van der Waals surface area contributed by atoms with Crippen LogP contribution in [-0.4, -0.2) is 18.9 Å². The predicted molar refractivity (Wildman–Crippen MR) is 71.7 cm³/mol. The van der Waals surface area contributed by atoms with Gasteiger partial charge in [-0.3, -0.25) is 4.79 Å². The smallest absolute Gasteiger partial charge is 0.164 e. The van der Waals surface area contributed by atoms with Gasteiger partial charge in [0.15, 0.2) is 5.78 Å². The van der Waals surface area contributed by atoms with Gasteiger partial charge in [-0.2, -0.15) is 0 Å². The van der Waals surface area contributed by atoms with Crippen LogP contribution in [0.1, 0.15) is 37.0 Å². The zero-order valence-corrected chi connectivity index (χ0v) is 10.6. The van der Waals surface area contributed by atoms with Gasteiger partial charge in [0.05, 0.1) is 0 Å². The largest absolute Gasteiger partial charge is 0.367 e. The summed E-state index contributed by atoms with van der Waals surface area (Å²) < 4.78 is 0. The molecule has 2 nitrogen and oxygen atoms in total. The van der Waals surface area contributed by atoms with Crippen molar-refractivity contribution in [2.24, 2.45) is 0 Å². The summed E-state index contributed by atoms with van der Waals surface area (Å²) in [6.07, 6.45) is 3.91. The summed E-state index contributed by atoms with van der Waals surface area (Å²) in [4.78, 5) is 14.2. The van der Waals surface area contributed by atoms with Gasteiger partial charge in [0.1, 0.15) is 0 Å². The molecule has 0 N–H and O–H groups in total. The highest BCUT2D eigenvalue weighted by atomic mass is 16.1. The van der Waals surface area contributed by atoms with E-state index in [1.165, 1.54) is 5.57 Å². The van der Waals surface area contributed by atoms with E-state index in [0.29, 0.717) is 6.42 Å². The SMILES string of the molecule is CCC(=O)c1ccccc1N1CC=C(C)CC1. The minimum absolute atomic E-state index is 0.229. The molecular weight excluding hydrogens is 210 g/mol. The zero-order chi connectivity index (χ0) is 12.3. The minimum atomic E-state index is 0.229. The average Bonchev–Trinajstić information content (AvgIpc) is 2.39. The number of hydrogen-bond acceptors (Lipinski definition) is 2. The van der Waals surface area contributed by atoms with Gasteiger partial charge in [-0.25, -0.2) is 0 Å². The number of nitrogens with zero attached hydrogens (tertiary/aromatic N) is 1. The van der Waals surface area contributed by atoms with E-state index in [-0.39, 0.29) is 5.78 Å². The number of para-hydroxylation sites is 1. The number of carbonyl (C=O) groups excluding carboxylic acids is 1. The molecule has 0 aromatic heterocycles. The van der Waals surface area contributed by atoms with Gasteiger partial charge in [0, 0.05) is 30.8 Å². The Morgan fingerprint density at radius 3 is 2.76 bits per heavy atom. The normalized spacial score (nSPS) is 15.6. The highest BCUT2D eigenvalue weighted by molar-refractivity contribution is 6.01. The third kappa shape index (κ3) is 2.57. The van der Waals surface area contributed by atoms with E-state index in [4.69, 9.17) is 0 Å². The molecule has 0 aliphatic carbocycles. The second-order valence-corrected chi connectivity index (χ2v) is 4.54. The highest BCUT2D eigenvalue weighted by Gasteiger charge is 2.16. The van der Waals surface area contributed by atoms with Crippen LogP contribution < -0.4 is 4.90 Å². The molecule has 0 bridgehead atoms. The first-order chi connectivity index (χ1) is 8.22. The lowest BCUT2D eigenvalue weighted by atomic mass is 10.0. The Bertz CT molecular complexity index is 448. The quantitative estimate of drug-likeness (QED) is 0.584. The molecule has 90 valence electrons. The Morgan fingerprint density at radius 1 is 1.35 bits per heavy atom. The molecule has 1 aliphatic heterocycles. The van der Waals surface area contributed by atoms with Crippen molar-refractivity contribution >= 4 is 11.5 Å². The molecule has 1 aliphatic rings. The molecule has 0 atom stereocenters. The molecule has 0 spiro atoms. The lowest BCUT2D eigenvalue weighted by Gasteiger charge is -2.29. The maximum Gasteiger partial charge on any atom is 0.164 e. The Kier molecular flexibility index (Phi) is 3.62. The number of Topliss-reactive ketones (excluding diaryl/α,β-unsaturated/α-hetero) is 1. The van der Waals surface area contributed by atoms with Crippen LogP contribution in [0.25, 0.3) is 0 Å². The van der Waals surface area contributed by atoms with E-state index in [1.54, 1.807) is 0 Å². The minimum Gasteiger partial charge on any atom is -0.367 e. The lowest BCUT2D eigenvalue weighted by Crippen LogP contribution is -2.29. The van der Waals surface area contributed by atoms with Crippen molar-refractivity contribution in [1.82, 2.24) is 0 Å². The molecule has 1 aromatic rings. The van der Waals surface area contributed by atoms with E-state index < -0.39 is 0 Å². The Balaban J connectivity index is 2.29. The number of hydrogen-bond donors (Lipinski definition) is 0. The van der Waals surface area contributed by atoms with E-state index >= 15 is 0 Å². The fourth-order valence-corrected chi connectivity index (χ4v) is 2.17. The van der Waals surface area contributed by atoms with Crippen LogP contribution in [0.4, 0.5) is 5.69 Å². The average molecular weight is 229 g/mol. The molecule has 1 heterocycles.